The quantitative estimate of drug-likeness (QED) is 0.625. The van der Waals surface area contributed by atoms with Gasteiger partial charge in [0.2, 0.25) is 0 Å². The standard InChI is InChI=1S/C19H22N2O4/c1-12(2)16-9-8-15(10-13(16)3)25-11-19(22)20-17-6-5-7-18(14(17)4)21(23)24/h5-10,12H,11H2,1-4H3,(H,20,22). The number of nitrogens with zero attached hydrogens (tertiary/aromatic N) is 1. The van der Waals surface area contributed by atoms with Gasteiger partial charge in [0.15, 0.2) is 6.61 Å². The maximum Gasteiger partial charge on any atom is 0.274 e. The van der Waals surface area contributed by atoms with E-state index in [4.69, 9.17) is 4.74 Å². The van der Waals surface area contributed by atoms with Crippen LogP contribution in [-0.2, 0) is 4.79 Å². The average Bonchev–Trinajstić information content (AvgIpc) is 2.54. The third-order valence-electron chi connectivity index (χ3n) is 4.01. The van der Waals surface area contributed by atoms with Gasteiger partial charge in [0.25, 0.3) is 11.6 Å². The summed E-state index contributed by atoms with van der Waals surface area (Å²) in [6.07, 6.45) is 0. The zero-order chi connectivity index (χ0) is 18.6. The van der Waals surface area contributed by atoms with Gasteiger partial charge in [-0.3, -0.25) is 14.9 Å². The first-order valence-corrected chi connectivity index (χ1v) is 8.06. The maximum absolute atomic E-state index is 12.1. The number of rotatable bonds is 6. The molecule has 1 N–H and O–H groups in total. The maximum atomic E-state index is 12.1. The summed E-state index contributed by atoms with van der Waals surface area (Å²) in [6, 6.07) is 10.3. The molecule has 25 heavy (non-hydrogen) atoms. The summed E-state index contributed by atoms with van der Waals surface area (Å²) in [5.74, 6) is 0.677. The molecule has 0 saturated carbocycles. The molecule has 6 nitrogen and oxygen atoms in total. The molecule has 0 spiro atoms. The molecule has 0 atom stereocenters. The fourth-order valence-electron chi connectivity index (χ4n) is 2.68. The molecular weight excluding hydrogens is 320 g/mol. The van der Waals surface area contributed by atoms with Gasteiger partial charge in [0, 0.05) is 6.07 Å². The summed E-state index contributed by atoms with van der Waals surface area (Å²) < 4.78 is 5.53. The van der Waals surface area contributed by atoms with E-state index in [-0.39, 0.29) is 18.2 Å². The number of benzene rings is 2. The van der Waals surface area contributed by atoms with Gasteiger partial charge in [-0.05, 0) is 49.1 Å². The van der Waals surface area contributed by atoms with Crippen molar-refractivity contribution in [1.29, 1.82) is 0 Å². The molecule has 0 aliphatic heterocycles. The molecule has 0 bridgehead atoms. The molecule has 2 aromatic rings. The number of carbonyl (C=O) groups excluding carboxylic acids is 1. The van der Waals surface area contributed by atoms with E-state index < -0.39 is 4.92 Å². The van der Waals surface area contributed by atoms with Gasteiger partial charge in [-0.15, -0.1) is 0 Å². The average molecular weight is 342 g/mol. The minimum Gasteiger partial charge on any atom is -0.484 e. The number of nitro benzene ring substituents is 1. The Morgan fingerprint density at radius 3 is 2.56 bits per heavy atom. The summed E-state index contributed by atoms with van der Waals surface area (Å²) in [4.78, 5) is 22.5. The number of anilines is 1. The molecule has 0 aliphatic carbocycles. The lowest BCUT2D eigenvalue weighted by atomic mass is 9.98. The van der Waals surface area contributed by atoms with E-state index in [2.05, 4.69) is 19.2 Å². The highest BCUT2D eigenvalue weighted by Gasteiger charge is 2.15. The van der Waals surface area contributed by atoms with Crippen LogP contribution in [0, 0.1) is 24.0 Å². The van der Waals surface area contributed by atoms with Crippen LogP contribution in [0.1, 0.15) is 36.5 Å². The summed E-state index contributed by atoms with van der Waals surface area (Å²) in [5.41, 5.74) is 3.15. The first-order chi connectivity index (χ1) is 11.8. The number of amides is 1. The van der Waals surface area contributed by atoms with Crippen LogP contribution in [0.3, 0.4) is 0 Å². The molecule has 0 fully saturated rings. The molecule has 0 aromatic heterocycles. The predicted octanol–water partition coefficient (Wildman–Crippen LogP) is 4.35. The highest BCUT2D eigenvalue weighted by molar-refractivity contribution is 5.93. The van der Waals surface area contributed by atoms with Crippen LogP contribution < -0.4 is 10.1 Å². The third kappa shape index (κ3) is 4.56. The monoisotopic (exact) mass is 342 g/mol. The van der Waals surface area contributed by atoms with Crippen molar-refractivity contribution >= 4 is 17.3 Å². The summed E-state index contributed by atoms with van der Waals surface area (Å²) in [6.45, 7) is 7.69. The fourth-order valence-corrected chi connectivity index (χ4v) is 2.68. The van der Waals surface area contributed by atoms with E-state index in [1.807, 2.05) is 25.1 Å². The zero-order valence-corrected chi connectivity index (χ0v) is 14.8. The van der Waals surface area contributed by atoms with E-state index in [0.29, 0.717) is 22.9 Å². The highest BCUT2D eigenvalue weighted by Crippen LogP contribution is 2.25. The molecule has 2 rings (SSSR count). The molecular formula is C19H22N2O4. The van der Waals surface area contributed by atoms with Crippen LogP contribution in [0.5, 0.6) is 5.75 Å². The summed E-state index contributed by atoms with van der Waals surface area (Å²) >= 11 is 0. The molecule has 6 heteroatoms. The van der Waals surface area contributed by atoms with Crippen LogP contribution in [0.15, 0.2) is 36.4 Å². The van der Waals surface area contributed by atoms with Crippen LogP contribution in [0.4, 0.5) is 11.4 Å². The second kappa shape index (κ2) is 7.79. The Morgan fingerprint density at radius 1 is 1.24 bits per heavy atom. The second-order valence-corrected chi connectivity index (χ2v) is 6.22. The van der Waals surface area contributed by atoms with Gasteiger partial charge in [0.05, 0.1) is 16.2 Å². The Hall–Kier alpha value is -2.89. The second-order valence-electron chi connectivity index (χ2n) is 6.22. The normalized spacial score (nSPS) is 10.6. The van der Waals surface area contributed by atoms with Crippen molar-refractivity contribution in [2.45, 2.75) is 33.6 Å². The molecule has 0 saturated heterocycles. The zero-order valence-electron chi connectivity index (χ0n) is 14.8. The number of hydrogen-bond acceptors (Lipinski definition) is 4. The van der Waals surface area contributed by atoms with Gasteiger partial charge in [-0.25, -0.2) is 0 Å². The predicted molar refractivity (Wildman–Crippen MR) is 97.2 cm³/mol. The molecule has 132 valence electrons. The van der Waals surface area contributed by atoms with Crippen LogP contribution in [0.2, 0.25) is 0 Å². The van der Waals surface area contributed by atoms with Gasteiger partial charge in [-0.1, -0.05) is 26.0 Å². The molecule has 1 amide bonds. The Labute approximate surface area is 147 Å². The summed E-state index contributed by atoms with van der Waals surface area (Å²) in [5, 5.41) is 13.6. The largest absolute Gasteiger partial charge is 0.484 e. The van der Waals surface area contributed by atoms with Gasteiger partial charge in [-0.2, -0.15) is 0 Å². The van der Waals surface area contributed by atoms with Crippen molar-refractivity contribution in [3.8, 4) is 5.75 Å². The molecule has 0 unspecified atom stereocenters. The van der Waals surface area contributed by atoms with E-state index in [1.165, 1.54) is 17.7 Å². The van der Waals surface area contributed by atoms with Crippen molar-refractivity contribution in [1.82, 2.24) is 0 Å². The minimum atomic E-state index is -0.472. The minimum absolute atomic E-state index is 0.0291. The lowest BCUT2D eigenvalue weighted by molar-refractivity contribution is -0.385. The van der Waals surface area contributed by atoms with E-state index in [9.17, 15) is 14.9 Å². The number of nitro groups is 1. The number of carbonyl (C=O) groups is 1. The highest BCUT2D eigenvalue weighted by atomic mass is 16.6. The van der Waals surface area contributed by atoms with Crippen molar-refractivity contribution in [2.75, 3.05) is 11.9 Å². The molecule has 0 aliphatic rings. The van der Waals surface area contributed by atoms with Gasteiger partial charge in [0.1, 0.15) is 5.75 Å². The number of hydrogen-bond donors (Lipinski definition) is 1. The third-order valence-corrected chi connectivity index (χ3v) is 4.01. The first kappa shape index (κ1) is 18.4. The lowest BCUT2D eigenvalue weighted by Gasteiger charge is -2.13. The Morgan fingerprint density at radius 2 is 1.96 bits per heavy atom. The van der Waals surface area contributed by atoms with Crippen molar-refractivity contribution in [2.24, 2.45) is 0 Å². The van der Waals surface area contributed by atoms with Crippen LogP contribution in [0.25, 0.3) is 0 Å². The Balaban J connectivity index is 2.01. The van der Waals surface area contributed by atoms with Crippen molar-refractivity contribution < 1.29 is 14.5 Å². The Kier molecular flexibility index (Phi) is 5.75. The number of aryl methyl sites for hydroxylation is 1. The van der Waals surface area contributed by atoms with Crippen LogP contribution >= 0.6 is 0 Å². The molecule has 0 radical (unpaired) electrons. The van der Waals surface area contributed by atoms with Crippen molar-refractivity contribution in [3.05, 3.63) is 63.2 Å². The SMILES string of the molecule is Cc1cc(OCC(=O)Nc2cccc([N+](=O)[O-])c2C)ccc1C(C)C. The smallest absolute Gasteiger partial charge is 0.274 e. The topological polar surface area (TPSA) is 81.5 Å². The number of nitrogens with one attached hydrogen (secondary N) is 1. The van der Waals surface area contributed by atoms with Crippen LogP contribution in [-0.4, -0.2) is 17.4 Å². The van der Waals surface area contributed by atoms with Gasteiger partial charge >= 0.3 is 0 Å². The van der Waals surface area contributed by atoms with E-state index in [0.717, 1.165) is 5.56 Å². The van der Waals surface area contributed by atoms with E-state index >= 15 is 0 Å². The summed E-state index contributed by atoms with van der Waals surface area (Å²) in [7, 11) is 0. The lowest BCUT2D eigenvalue weighted by Crippen LogP contribution is -2.20. The van der Waals surface area contributed by atoms with E-state index in [1.54, 1.807) is 13.0 Å². The molecule has 0 heterocycles. The number of ether oxygens (including phenoxy) is 1. The van der Waals surface area contributed by atoms with Gasteiger partial charge < -0.3 is 10.1 Å². The molecule has 2 aromatic carbocycles. The van der Waals surface area contributed by atoms with Crippen molar-refractivity contribution in [3.63, 3.8) is 0 Å². The Bertz CT molecular complexity index is 800. The fraction of sp³-hybridized carbons (Fsp3) is 0.316. The first-order valence-electron chi connectivity index (χ1n) is 8.06.